The Kier molecular flexibility index (Phi) is 8.01. The Balaban J connectivity index is 2.31. The lowest BCUT2D eigenvalue weighted by molar-refractivity contribution is -0.117. The number of carbonyl (C=O) groups is 1. The minimum atomic E-state index is -3.45. The van der Waals surface area contributed by atoms with Crippen molar-refractivity contribution in [2.75, 3.05) is 31.4 Å². The Labute approximate surface area is 137 Å². The van der Waals surface area contributed by atoms with E-state index >= 15 is 0 Å². The topological polar surface area (TPSA) is 90.9 Å². The van der Waals surface area contributed by atoms with Crippen molar-refractivity contribution in [2.45, 2.75) is 26.4 Å². The quantitative estimate of drug-likeness (QED) is 0.513. The SMILES string of the molecule is CC(C)OCCC(=O)Nc1ccc(OCCOS(C)(=O)=O)cc1. The highest BCUT2D eigenvalue weighted by atomic mass is 32.2. The number of rotatable bonds is 10. The fourth-order valence-electron chi connectivity index (χ4n) is 1.59. The summed E-state index contributed by atoms with van der Waals surface area (Å²) in [5, 5.41) is 2.75. The first-order chi connectivity index (χ1) is 10.8. The van der Waals surface area contributed by atoms with E-state index in [1.165, 1.54) is 0 Å². The minimum Gasteiger partial charge on any atom is -0.491 e. The number of ether oxygens (including phenoxy) is 2. The Bertz CT molecular complexity index is 582. The van der Waals surface area contributed by atoms with E-state index in [2.05, 4.69) is 9.50 Å². The van der Waals surface area contributed by atoms with Gasteiger partial charge in [-0.25, -0.2) is 0 Å². The standard InChI is InChI=1S/C15H23NO6S/c1-12(2)20-9-8-15(17)16-13-4-6-14(7-5-13)21-10-11-22-23(3,18)19/h4-7,12H,8-11H2,1-3H3,(H,16,17). The predicted molar refractivity (Wildman–Crippen MR) is 87.1 cm³/mol. The molecule has 0 atom stereocenters. The molecule has 0 saturated heterocycles. The summed E-state index contributed by atoms with van der Waals surface area (Å²) in [4.78, 5) is 11.7. The number of carbonyl (C=O) groups excluding carboxylic acids is 1. The minimum absolute atomic E-state index is 0.0484. The predicted octanol–water partition coefficient (Wildman–Crippen LogP) is 1.80. The molecule has 0 bridgehead atoms. The molecule has 130 valence electrons. The van der Waals surface area contributed by atoms with Gasteiger partial charge in [0.1, 0.15) is 19.0 Å². The molecule has 0 unspecified atom stereocenters. The van der Waals surface area contributed by atoms with Crippen molar-refractivity contribution >= 4 is 21.7 Å². The summed E-state index contributed by atoms with van der Waals surface area (Å²) in [6, 6.07) is 6.77. The van der Waals surface area contributed by atoms with Crippen LogP contribution in [0.1, 0.15) is 20.3 Å². The third-order valence-electron chi connectivity index (χ3n) is 2.57. The van der Waals surface area contributed by atoms with Gasteiger partial charge in [0, 0.05) is 5.69 Å². The van der Waals surface area contributed by atoms with E-state index < -0.39 is 10.1 Å². The first-order valence-corrected chi connectivity index (χ1v) is 9.06. The number of anilines is 1. The molecule has 8 heteroatoms. The van der Waals surface area contributed by atoms with Gasteiger partial charge in [-0.3, -0.25) is 8.98 Å². The van der Waals surface area contributed by atoms with E-state index in [1.807, 2.05) is 13.8 Å². The van der Waals surface area contributed by atoms with Crippen molar-refractivity contribution in [1.82, 2.24) is 0 Å². The van der Waals surface area contributed by atoms with Gasteiger partial charge >= 0.3 is 0 Å². The molecule has 0 fully saturated rings. The molecule has 1 N–H and O–H groups in total. The van der Waals surface area contributed by atoms with Crippen LogP contribution < -0.4 is 10.1 Å². The lowest BCUT2D eigenvalue weighted by Gasteiger charge is -2.09. The van der Waals surface area contributed by atoms with Gasteiger partial charge in [-0.1, -0.05) is 0 Å². The molecule has 0 aliphatic rings. The lowest BCUT2D eigenvalue weighted by Crippen LogP contribution is -2.15. The Hall–Kier alpha value is -1.64. The van der Waals surface area contributed by atoms with Crippen molar-refractivity contribution in [3.05, 3.63) is 24.3 Å². The van der Waals surface area contributed by atoms with E-state index in [0.717, 1.165) is 6.26 Å². The van der Waals surface area contributed by atoms with Crippen LogP contribution in [0.3, 0.4) is 0 Å². The fourth-order valence-corrected chi connectivity index (χ4v) is 1.96. The van der Waals surface area contributed by atoms with E-state index in [0.29, 0.717) is 24.5 Å². The maximum absolute atomic E-state index is 11.7. The molecule has 0 spiro atoms. The summed E-state index contributed by atoms with van der Waals surface area (Å²) in [7, 11) is -3.45. The summed E-state index contributed by atoms with van der Waals surface area (Å²) < 4.78 is 36.8. The normalized spacial score (nSPS) is 11.5. The molecule has 0 saturated carbocycles. The molecular formula is C15H23NO6S. The van der Waals surface area contributed by atoms with Crippen LogP contribution in [-0.2, 0) is 23.8 Å². The molecule has 0 aliphatic carbocycles. The molecule has 7 nitrogen and oxygen atoms in total. The van der Waals surface area contributed by atoms with Gasteiger partial charge in [-0.2, -0.15) is 8.42 Å². The molecule has 0 aliphatic heterocycles. The number of benzene rings is 1. The van der Waals surface area contributed by atoms with E-state index in [9.17, 15) is 13.2 Å². The molecular weight excluding hydrogens is 322 g/mol. The highest BCUT2D eigenvalue weighted by molar-refractivity contribution is 7.85. The highest BCUT2D eigenvalue weighted by Crippen LogP contribution is 2.15. The van der Waals surface area contributed by atoms with E-state index in [-0.39, 0.29) is 25.2 Å². The first kappa shape index (κ1) is 19.4. The third kappa shape index (κ3) is 9.88. The highest BCUT2D eigenvalue weighted by Gasteiger charge is 2.04. The maximum atomic E-state index is 11.7. The summed E-state index contributed by atoms with van der Waals surface area (Å²) in [5.74, 6) is 0.434. The lowest BCUT2D eigenvalue weighted by atomic mass is 10.3. The zero-order valence-electron chi connectivity index (χ0n) is 13.6. The van der Waals surface area contributed by atoms with E-state index in [4.69, 9.17) is 9.47 Å². The van der Waals surface area contributed by atoms with Gasteiger partial charge in [-0.15, -0.1) is 0 Å². The van der Waals surface area contributed by atoms with Crippen molar-refractivity contribution < 1.29 is 26.9 Å². The van der Waals surface area contributed by atoms with Crippen molar-refractivity contribution in [1.29, 1.82) is 0 Å². The summed E-state index contributed by atoms with van der Waals surface area (Å²) in [5.41, 5.74) is 0.652. The molecule has 0 aromatic heterocycles. The second-order valence-electron chi connectivity index (χ2n) is 5.12. The Morgan fingerprint density at radius 1 is 1.13 bits per heavy atom. The Morgan fingerprint density at radius 2 is 1.78 bits per heavy atom. The molecule has 1 aromatic rings. The van der Waals surface area contributed by atoms with Crippen LogP contribution in [0.25, 0.3) is 0 Å². The van der Waals surface area contributed by atoms with Crippen LogP contribution in [0.2, 0.25) is 0 Å². The first-order valence-electron chi connectivity index (χ1n) is 7.25. The monoisotopic (exact) mass is 345 g/mol. The molecule has 1 aromatic carbocycles. The Morgan fingerprint density at radius 3 is 2.35 bits per heavy atom. The van der Waals surface area contributed by atoms with Gasteiger partial charge < -0.3 is 14.8 Å². The van der Waals surface area contributed by atoms with Gasteiger partial charge in [0.15, 0.2) is 0 Å². The van der Waals surface area contributed by atoms with Crippen LogP contribution in [-0.4, -0.2) is 46.5 Å². The van der Waals surface area contributed by atoms with Crippen LogP contribution in [0.15, 0.2) is 24.3 Å². The summed E-state index contributed by atoms with van der Waals surface area (Å²) >= 11 is 0. The van der Waals surface area contributed by atoms with Gasteiger partial charge in [0.2, 0.25) is 5.91 Å². The van der Waals surface area contributed by atoms with Gasteiger partial charge in [0.25, 0.3) is 10.1 Å². The molecule has 1 amide bonds. The number of nitrogens with one attached hydrogen (secondary N) is 1. The third-order valence-corrected chi connectivity index (χ3v) is 3.16. The second-order valence-corrected chi connectivity index (χ2v) is 6.76. The molecule has 23 heavy (non-hydrogen) atoms. The number of hydrogen-bond acceptors (Lipinski definition) is 6. The molecule has 1 rings (SSSR count). The van der Waals surface area contributed by atoms with E-state index in [1.54, 1.807) is 24.3 Å². The number of hydrogen-bond donors (Lipinski definition) is 1. The van der Waals surface area contributed by atoms with Crippen molar-refractivity contribution in [2.24, 2.45) is 0 Å². The maximum Gasteiger partial charge on any atom is 0.264 e. The zero-order valence-corrected chi connectivity index (χ0v) is 14.4. The zero-order chi connectivity index (χ0) is 17.3. The summed E-state index contributed by atoms with van der Waals surface area (Å²) in [6.45, 7) is 4.28. The van der Waals surface area contributed by atoms with Crippen molar-refractivity contribution in [3.63, 3.8) is 0 Å². The van der Waals surface area contributed by atoms with Gasteiger partial charge in [0.05, 0.1) is 25.4 Å². The second kappa shape index (κ2) is 9.49. The molecule has 0 heterocycles. The van der Waals surface area contributed by atoms with Crippen LogP contribution in [0, 0.1) is 0 Å². The average Bonchev–Trinajstić information content (AvgIpc) is 2.44. The molecule has 0 radical (unpaired) electrons. The van der Waals surface area contributed by atoms with Gasteiger partial charge in [-0.05, 0) is 38.1 Å². The fraction of sp³-hybridized carbons (Fsp3) is 0.533. The van der Waals surface area contributed by atoms with Crippen LogP contribution >= 0.6 is 0 Å². The van der Waals surface area contributed by atoms with Crippen LogP contribution in [0.5, 0.6) is 5.75 Å². The number of amides is 1. The average molecular weight is 345 g/mol. The summed E-state index contributed by atoms with van der Waals surface area (Å²) in [6.07, 6.45) is 1.38. The van der Waals surface area contributed by atoms with Crippen LogP contribution in [0.4, 0.5) is 5.69 Å². The smallest absolute Gasteiger partial charge is 0.264 e. The van der Waals surface area contributed by atoms with Crippen molar-refractivity contribution in [3.8, 4) is 5.75 Å². The largest absolute Gasteiger partial charge is 0.491 e.